The molecule has 1 atom stereocenters. The van der Waals surface area contributed by atoms with Crippen LogP contribution < -0.4 is 5.32 Å². The number of para-hydroxylation sites is 1. The summed E-state index contributed by atoms with van der Waals surface area (Å²) in [5.74, 6) is -0.111. The molecule has 0 spiro atoms. The summed E-state index contributed by atoms with van der Waals surface area (Å²) in [6.45, 7) is 6.44. The molecule has 2 N–H and O–H groups in total. The SMILES string of the molecule is C=CCNC(=O)CCN1C(=O)c2ccccc2[C@@H]1c1c(C)[nH]c2ccccc12. The number of fused-ring (bicyclic) bond motifs is 2. The fourth-order valence-corrected chi connectivity index (χ4v) is 4.06. The number of aromatic amines is 1. The van der Waals surface area contributed by atoms with Crippen LogP contribution in [0.25, 0.3) is 10.9 Å². The van der Waals surface area contributed by atoms with Crippen LogP contribution in [0, 0.1) is 6.92 Å². The lowest BCUT2D eigenvalue weighted by Gasteiger charge is -2.26. The first-order valence-electron chi connectivity index (χ1n) is 9.46. The van der Waals surface area contributed by atoms with Gasteiger partial charge in [0.1, 0.15) is 0 Å². The van der Waals surface area contributed by atoms with Crippen molar-refractivity contribution in [1.82, 2.24) is 15.2 Å². The summed E-state index contributed by atoms with van der Waals surface area (Å²) in [5, 5.41) is 3.89. The highest BCUT2D eigenvalue weighted by Gasteiger charge is 2.39. The second-order valence-electron chi connectivity index (χ2n) is 7.04. The smallest absolute Gasteiger partial charge is 0.255 e. The van der Waals surface area contributed by atoms with Crippen LogP contribution in [0.3, 0.4) is 0 Å². The molecule has 0 aliphatic carbocycles. The molecule has 4 rings (SSSR count). The highest BCUT2D eigenvalue weighted by molar-refractivity contribution is 6.01. The minimum absolute atomic E-state index is 0.0261. The summed E-state index contributed by atoms with van der Waals surface area (Å²) < 4.78 is 0. The van der Waals surface area contributed by atoms with E-state index in [0.29, 0.717) is 18.7 Å². The van der Waals surface area contributed by atoms with Gasteiger partial charge in [0.2, 0.25) is 5.91 Å². The van der Waals surface area contributed by atoms with Gasteiger partial charge in [-0.2, -0.15) is 0 Å². The van der Waals surface area contributed by atoms with Crippen LogP contribution in [0.5, 0.6) is 0 Å². The second kappa shape index (κ2) is 7.35. The van der Waals surface area contributed by atoms with Gasteiger partial charge >= 0.3 is 0 Å². The summed E-state index contributed by atoms with van der Waals surface area (Å²) in [7, 11) is 0. The molecule has 3 aromatic rings. The Bertz CT molecular complexity index is 1070. The van der Waals surface area contributed by atoms with Crippen molar-refractivity contribution in [3.63, 3.8) is 0 Å². The van der Waals surface area contributed by atoms with Crippen LogP contribution in [0.1, 0.15) is 39.6 Å². The fraction of sp³-hybridized carbons (Fsp3) is 0.217. The molecule has 0 unspecified atom stereocenters. The Balaban J connectivity index is 1.75. The third kappa shape index (κ3) is 2.99. The van der Waals surface area contributed by atoms with E-state index in [1.54, 1.807) is 6.08 Å². The van der Waals surface area contributed by atoms with Gasteiger partial charge in [0.05, 0.1) is 6.04 Å². The number of hydrogen-bond donors (Lipinski definition) is 2. The first kappa shape index (κ1) is 18.0. The number of H-pyrrole nitrogens is 1. The molecular formula is C23H23N3O2. The Morgan fingerprint density at radius 2 is 1.96 bits per heavy atom. The first-order valence-corrected chi connectivity index (χ1v) is 9.46. The van der Waals surface area contributed by atoms with E-state index in [9.17, 15) is 9.59 Å². The average molecular weight is 373 g/mol. The highest BCUT2D eigenvalue weighted by Crippen LogP contribution is 2.42. The van der Waals surface area contributed by atoms with Gasteiger partial charge in [-0.25, -0.2) is 0 Å². The van der Waals surface area contributed by atoms with E-state index in [-0.39, 0.29) is 24.3 Å². The zero-order chi connectivity index (χ0) is 19.7. The van der Waals surface area contributed by atoms with Crippen LogP contribution in [-0.2, 0) is 4.79 Å². The van der Waals surface area contributed by atoms with Crippen LogP contribution in [0.4, 0.5) is 0 Å². The Kier molecular flexibility index (Phi) is 4.74. The van der Waals surface area contributed by atoms with Gasteiger partial charge in [-0.1, -0.05) is 42.5 Å². The molecule has 1 aliphatic heterocycles. The van der Waals surface area contributed by atoms with Crippen molar-refractivity contribution in [2.24, 2.45) is 0 Å². The van der Waals surface area contributed by atoms with Crippen molar-refractivity contribution in [1.29, 1.82) is 0 Å². The number of carbonyl (C=O) groups is 2. The minimum Gasteiger partial charge on any atom is -0.358 e. The van der Waals surface area contributed by atoms with Gasteiger partial charge in [-0.3, -0.25) is 9.59 Å². The highest BCUT2D eigenvalue weighted by atomic mass is 16.2. The third-order valence-electron chi connectivity index (χ3n) is 5.30. The summed E-state index contributed by atoms with van der Waals surface area (Å²) >= 11 is 0. The molecule has 2 heterocycles. The van der Waals surface area contributed by atoms with E-state index in [4.69, 9.17) is 0 Å². The summed E-state index contributed by atoms with van der Waals surface area (Å²) in [5.41, 5.74) is 4.89. The predicted molar refractivity (Wildman–Crippen MR) is 110 cm³/mol. The molecule has 5 heteroatoms. The predicted octanol–water partition coefficient (Wildman–Crippen LogP) is 3.71. The topological polar surface area (TPSA) is 65.2 Å². The Hall–Kier alpha value is -3.34. The van der Waals surface area contributed by atoms with E-state index in [1.165, 1.54) is 0 Å². The Morgan fingerprint density at radius 1 is 1.21 bits per heavy atom. The van der Waals surface area contributed by atoms with Gasteiger partial charge in [0.15, 0.2) is 0 Å². The minimum atomic E-state index is -0.202. The van der Waals surface area contributed by atoms with E-state index in [2.05, 4.69) is 22.9 Å². The van der Waals surface area contributed by atoms with Crippen LogP contribution in [-0.4, -0.2) is 34.8 Å². The first-order chi connectivity index (χ1) is 13.6. The lowest BCUT2D eigenvalue weighted by molar-refractivity contribution is -0.121. The van der Waals surface area contributed by atoms with E-state index >= 15 is 0 Å². The Morgan fingerprint density at radius 3 is 2.79 bits per heavy atom. The number of carbonyl (C=O) groups excluding carboxylic acids is 2. The van der Waals surface area contributed by atoms with Gasteiger partial charge in [0, 0.05) is 47.2 Å². The number of aryl methyl sites for hydroxylation is 1. The lowest BCUT2D eigenvalue weighted by Crippen LogP contribution is -2.34. The molecule has 1 aliphatic rings. The van der Waals surface area contributed by atoms with E-state index in [0.717, 1.165) is 27.7 Å². The van der Waals surface area contributed by atoms with Crippen molar-refractivity contribution >= 4 is 22.7 Å². The van der Waals surface area contributed by atoms with Crippen LogP contribution in [0.15, 0.2) is 61.2 Å². The quantitative estimate of drug-likeness (QED) is 0.647. The summed E-state index contributed by atoms with van der Waals surface area (Å²) in [4.78, 5) is 30.5. The molecule has 0 fully saturated rings. The monoisotopic (exact) mass is 373 g/mol. The molecule has 142 valence electrons. The second-order valence-corrected chi connectivity index (χ2v) is 7.04. The lowest BCUT2D eigenvalue weighted by atomic mass is 9.95. The molecule has 2 aromatic carbocycles. The van der Waals surface area contributed by atoms with Crippen LogP contribution in [0.2, 0.25) is 0 Å². The molecule has 0 radical (unpaired) electrons. The maximum absolute atomic E-state index is 13.1. The molecule has 28 heavy (non-hydrogen) atoms. The number of amides is 2. The molecule has 1 aromatic heterocycles. The molecule has 2 amide bonds. The molecular weight excluding hydrogens is 350 g/mol. The third-order valence-corrected chi connectivity index (χ3v) is 5.30. The van der Waals surface area contributed by atoms with Gasteiger partial charge in [0.25, 0.3) is 5.91 Å². The number of rotatable bonds is 6. The number of hydrogen-bond acceptors (Lipinski definition) is 2. The normalized spacial score (nSPS) is 15.7. The number of nitrogens with zero attached hydrogens (tertiary/aromatic N) is 1. The van der Waals surface area contributed by atoms with Crippen LogP contribution >= 0.6 is 0 Å². The van der Waals surface area contributed by atoms with Crippen molar-refractivity contribution in [3.8, 4) is 0 Å². The number of nitrogens with one attached hydrogen (secondary N) is 2. The van der Waals surface area contributed by atoms with Crippen molar-refractivity contribution in [3.05, 3.63) is 83.6 Å². The van der Waals surface area contributed by atoms with Gasteiger partial charge in [-0.05, 0) is 24.6 Å². The summed E-state index contributed by atoms with van der Waals surface area (Å²) in [6.07, 6.45) is 1.90. The molecule has 0 bridgehead atoms. The maximum atomic E-state index is 13.1. The average Bonchev–Trinajstić information content (AvgIpc) is 3.18. The van der Waals surface area contributed by atoms with Gasteiger partial charge < -0.3 is 15.2 Å². The molecule has 5 nitrogen and oxygen atoms in total. The standard InChI is InChI=1S/C23H23N3O2/c1-3-13-24-20(27)12-14-26-22(16-8-4-5-9-17(16)23(26)28)21-15(2)25-19-11-7-6-10-18(19)21/h3-11,22,25H,1,12-14H2,2H3,(H,24,27)/t22-/m1/s1. The Labute approximate surface area is 164 Å². The van der Waals surface area contributed by atoms with Crippen molar-refractivity contribution < 1.29 is 9.59 Å². The number of benzene rings is 2. The van der Waals surface area contributed by atoms with E-state index in [1.807, 2.05) is 54.3 Å². The van der Waals surface area contributed by atoms with Crippen molar-refractivity contribution in [2.75, 3.05) is 13.1 Å². The van der Waals surface area contributed by atoms with E-state index < -0.39 is 0 Å². The maximum Gasteiger partial charge on any atom is 0.255 e. The summed E-state index contributed by atoms with van der Waals surface area (Å²) in [6, 6.07) is 15.7. The van der Waals surface area contributed by atoms with Crippen molar-refractivity contribution in [2.45, 2.75) is 19.4 Å². The van der Waals surface area contributed by atoms with Gasteiger partial charge in [-0.15, -0.1) is 6.58 Å². The molecule has 0 saturated heterocycles. The zero-order valence-electron chi connectivity index (χ0n) is 15.9. The largest absolute Gasteiger partial charge is 0.358 e. The number of aromatic nitrogens is 1. The molecule has 0 saturated carbocycles. The fourth-order valence-electron chi connectivity index (χ4n) is 4.06. The zero-order valence-corrected chi connectivity index (χ0v) is 15.9.